The van der Waals surface area contributed by atoms with Crippen molar-refractivity contribution in [3.63, 3.8) is 0 Å². The van der Waals surface area contributed by atoms with Crippen LogP contribution in [0.25, 0.3) is 0 Å². The van der Waals surface area contributed by atoms with Crippen LogP contribution in [0.4, 0.5) is 0 Å². The third kappa shape index (κ3) is 1.60. The van der Waals surface area contributed by atoms with Crippen LogP contribution in [0.1, 0.15) is 26.7 Å². The fourth-order valence-electron chi connectivity index (χ4n) is 3.00. The fraction of sp³-hybridized carbons (Fsp3) is 0.583. The molecule has 3 aliphatic carbocycles. The van der Waals surface area contributed by atoms with E-state index in [1.165, 1.54) is 18.4 Å². The monoisotopic (exact) mass is 248 g/mol. The molecule has 2 bridgehead atoms. The Kier molecular flexibility index (Phi) is 2.33. The summed E-state index contributed by atoms with van der Waals surface area (Å²) in [7, 11) is 0. The molecule has 5 heteroatoms. The number of hydrogen-bond acceptors (Lipinski definition) is 3. The first-order valence-corrected chi connectivity index (χ1v) is 6.36. The van der Waals surface area contributed by atoms with Crippen LogP contribution < -0.4 is 0 Å². The topological polar surface area (TPSA) is 46.0 Å². The molecule has 1 heterocycles. The van der Waals surface area contributed by atoms with Gasteiger partial charge in [0.2, 0.25) is 4.77 Å². The zero-order valence-corrected chi connectivity index (χ0v) is 10.9. The van der Waals surface area contributed by atoms with E-state index in [-0.39, 0.29) is 0 Å². The molecular weight excluding hydrogens is 232 g/mol. The zero-order valence-electron chi connectivity index (χ0n) is 10.1. The van der Waals surface area contributed by atoms with Crippen molar-refractivity contribution >= 4 is 18.4 Å². The lowest BCUT2D eigenvalue weighted by atomic mass is 9.49. The molecule has 0 spiro atoms. The van der Waals surface area contributed by atoms with Crippen molar-refractivity contribution in [2.75, 3.05) is 0 Å². The van der Waals surface area contributed by atoms with E-state index < -0.39 is 0 Å². The maximum absolute atomic E-state index is 5.05. The smallest absolute Gasteiger partial charge is 0.216 e. The van der Waals surface area contributed by atoms with Crippen LogP contribution in [0.15, 0.2) is 23.1 Å². The molecule has 1 N–H and O–H groups in total. The van der Waals surface area contributed by atoms with Gasteiger partial charge in [0.25, 0.3) is 0 Å². The van der Waals surface area contributed by atoms with Crippen LogP contribution in [-0.2, 0) is 0 Å². The molecule has 0 amide bonds. The molecule has 0 unspecified atom stereocenters. The van der Waals surface area contributed by atoms with Gasteiger partial charge in [-0.3, -0.25) is 5.10 Å². The van der Waals surface area contributed by atoms with Crippen molar-refractivity contribution in [1.29, 1.82) is 0 Å². The van der Waals surface area contributed by atoms with Crippen molar-refractivity contribution in [2.24, 2.45) is 22.4 Å². The average Bonchev–Trinajstić information content (AvgIpc) is 2.72. The molecule has 1 saturated carbocycles. The third-order valence-electron chi connectivity index (χ3n) is 4.38. The first-order valence-electron chi connectivity index (χ1n) is 5.95. The number of hydrogen-bond donors (Lipinski definition) is 1. The molecule has 0 radical (unpaired) electrons. The first kappa shape index (κ1) is 10.9. The van der Waals surface area contributed by atoms with Crippen molar-refractivity contribution in [1.82, 2.24) is 14.9 Å². The highest BCUT2D eigenvalue weighted by Crippen LogP contribution is 2.58. The SMILES string of the molecule is CC1(C)[C@H]2CC=C(C=Nn3cn[nH]c3=S)[C@H]1C2. The maximum Gasteiger partial charge on any atom is 0.216 e. The average molecular weight is 248 g/mol. The quantitative estimate of drug-likeness (QED) is 0.646. The summed E-state index contributed by atoms with van der Waals surface area (Å²) in [4.78, 5) is 0. The lowest BCUT2D eigenvalue weighted by Gasteiger charge is -2.55. The zero-order chi connectivity index (χ0) is 12.0. The Morgan fingerprint density at radius 3 is 3.06 bits per heavy atom. The van der Waals surface area contributed by atoms with Crippen LogP contribution in [0.3, 0.4) is 0 Å². The van der Waals surface area contributed by atoms with Gasteiger partial charge >= 0.3 is 0 Å². The Bertz CT molecular complexity index is 549. The largest absolute Gasteiger partial charge is 0.250 e. The number of nitrogens with zero attached hydrogens (tertiary/aromatic N) is 3. The summed E-state index contributed by atoms with van der Waals surface area (Å²) < 4.78 is 2.12. The summed E-state index contributed by atoms with van der Waals surface area (Å²) in [6.45, 7) is 4.71. The van der Waals surface area contributed by atoms with E-state index in [9.17, 15) is 0 Å². The van der Waals surface area contributed by atoms with E-state index in [0.29, 0.717) is 16.1 Å². The second kappa shape index (κ2) is 3.63. The Hall–Kier alpha value is -1.23. The number of aromatic amines is 1. The minimum atomic E-state index is 0.438. The molecule has 3 aliphatic rings. The van der Waals surface area contributed by atoms with Gasteiger partial charge in [0.1, 0.15) is 6.33 Å². The molecule has 90 valence electrons. The van der Waals surface area contributed by atoms with Gasteiger partial charge in [-0.05, 0) is 47.9 Å². The summed E-state index contributed by atoms with van der Waals surface area (Å²) in [5.41, 5.74) is 1.79. The van der Waals surface area contributed by atoms with Gasteiger partial charge in [0, 0.05) is 0 Å². The Morgan fingerprint density at radius 2 is 2.47 bits per heavy atom. The van der Waals surface area contributed by atoms with Crippen LogP contribution >= 0.6 is 12.2 Å². The fourth-order valence-corrected chi connectivity index (χ4v) is 3.15. The lowest BCUT2D eigenvalue weighted by Crippen LogP contribution is -2.48. The van der Waals surface area contributed by atoms with Gasteiger partial charge in [-0.1, -0.05) is 19.9 Å². The minimum Gasteiger partial charge on any atom is -0.250 e. The molecule has 0 saturated heterocycles. The van der Waals surface area contributed by atoms with Crippen molar-refractivity contribution in [3.05, 3.63) is 22.7 Å². The summed E-state index contributed by atoms with van der Waals surface area (Å²) in [6, 6.07) is 0. The second-order valence-corrected chi connectivity index (χ2v) is 5.88. The molecule has 0 aromatic carbocycles. The first-order chi connectivity index (χ1) is 8.09. The van der Waals surface area contributed by atoms with Gasteiger partial charge < -0.3 is 0 Å². The van der Waals surface area contributed by atoms with Crippen LogP contribution in [-0.4, -0.2) is 21.1 Å². The predicted molar refractivity (Wildman–Crippen MR) is 69.4 cm³/mol. The maximum atomic E-state index is 5.05. The van der Waals surface area contributed by atoms with Crippen LogP contribution in [0.5, 0.6) is 0 Å². The van der Waals surface area contributed by atoms with Gasteiger partial charge in [0.15, 0.2) is 0 Å². The van der Waals surface area contributed by atoms with Crippen LogP contribution in [0, 0.1) is 22.0 Å². The van der Waals surface area contributed by atoms with E-state index >= 15 is 0 Å². The number of nitrogens with one attached hydrogen (secondary N) is 1. The molecule has 4 rings (SSSR count). The van der Waals surface area contributed by atoms with E-state index in [4.69, 9.17) is 12.2 Å². The highest BCUT2D eigenvalue weighted by Gasteiger charge is 2.50. The van der Waals surface area contributed by atoms with Gasteiger partial charge in [-0.25, -0.2) is 0 Å². The number of fused-ring (bicyclic) bond motifs is 1. The molecule has 2 atom stereocenters. The van der Waals surface area contributed by atoms with Crippen molar-refractivity contribution in [3.8, 4) is 0 Å². The van der Waals surface area contributed by atoms with E-state index in [0.717, 1.165) is 5.92 Å². The van der Waals surface area contributed by atoms with Crippen molar-refractivity contribution in [2.45, 2.75) is 26.7 Å². The van der Waals surface area contributed by atoms with Gasteiger partial charge in [-0.15, -0.1) is 0 Å². The molecular formula is C12H16N4S. The highest BCUT2D eigenvalue weighted by atomic mass is 32.1. The highest BCUT2D eigenvalue weighted by molar-refractivity contribution is 7.71. The lowest BCUT2D eigenvalue weighted by molar-refractivity contribution is -0.00126. The summed E-state index contributed by atoms with van der Waals surface area (Å²) in [6.07, 6.45) is 8.34. The number of allylic oxidation sites excluding steroid dienone is 2. The molecule has 4 nitrogen and oxygen atoms in total. The minimum absolute atomic E-state index is 0.438. The second-order valence-electron chi connectivity index (χ2n) is 5.50. The number of rotatable bonds is 2. The third-order valence-corrected chi connectivity index (χ3v) is 4.66. The molecule has 1 fully saturated rings. The summed E-state index contributed by atoms with van der Waals surface area (Å²) in [5.74, 6) is 1.52. The molecule has 0 aliphatic heterocycles. The number of H-pyrrole nitrogens is 1. The van der Waals surface area contributed by atoms with Gasteiger partial charge in [0.05, 0.1) is 6.21 Å². The molecule has 1 aromatic heterocycles. The standard InChI is InChI=1S/C12H16N4S/c1-12(2)9-4-3-8(10(12)5-9)6-14-16-7-13-15-11(16)17/h3,6-7,9-10H,4-5H2,1-2H3,(H,15,17)/t9-,10+/m0/s1. The summed E-state index contributed by atoms with van der Waals surface area (Å²) >= 11 is 5.05. The van der Waals surface area contributed by atoms with E-state index in [1.54, 1.807) is 11.0 Å². The normalized spacial score (nSPS) is 30.1. The molecule has 1 aromatic rings. The number of aromatic nitrogens is 3. The van der Waals surface area contributed by atoms with Gasteiger partial charge in [-0.2, -0.15) is 14.9 Å². The van der Waals surface area contributed by atoms with Crippen molar-refractivity contribution < 1.29 is 0 Å². The Morgan fingerprint density at radius 1 is 1.65 bits per heavy atom. The van der Waals surface area contributed by atoms with Crippen LogP contribution in [0.2, 0.25) is 0 Å². The molecule has 17 heavy (non-hydrogen) atoms. The predicted octanol–water partition coefficient (Wildman–Crippen LogP) is 2.77. The Balaban J connectivity index is 1.83. The van der Waals surface area contributed by atoms with E-state index in [1.807, 2.05) is 6.21 Å². The Labute approximate surface area is 105 Å². The van der Waals surface area contributed by atoms with E-state index in [2.05, 4.69) is 35.2 Å². The summed E-state index contributed by atoms with van der Waals surface area (Å²) in [5, 5.41) is 10.9.